The van der Waals surface area contributed by atoms with Crippen molar-refractivity contribution in [2.75, 3.05) is 10.6 Å². The minimum absolute atomic E-state index is 0.0957. The Kier molecular flexibility index (Phi) is 4.38. The van der Waals surface area contributed by atoms with Crippen LogP contribution in [0.15, 0.2) is 50.4 Å². The number of halogens is 2. The largest absolute Gasteiger partial charge is 0.339 e. The lowest BCUT2D eigenvalue weighted by Gasteiger charge is -2.08. The van der Waals surface area contributed by atoms with Gasteiger partial charge < -0.3 is 15.6 Å². The van der Waals surface area contributed by atoms with Crippen molar-refractivity contribution >= 4 is 39.0 Å². The van der Waals surface area contributed by atoms with E-state index in [2.05, 4.69) is 46.5 Å². The number of rotatable bonds is 4. The van der Waals surface area contributed by atoms with Gasteiger partial charge in [0.1, 0.15) is 5.82 Å². The maximum atomic E-state index is 13.2. The quantitative estimate of drug-likeness (QED) is 0.400. The van der Waals surface area contributed by atoms with Crippen molar-refractivity contribution in [3.63, 3.8) is 0 Å². The lowest BCUT2D eigenvalue weighted by atomic mass is 10.3. The minimum atomic E-state index is -0.407. The second-order valence-electron chi connectivity index (χ2n) is 4.66. The Morgan fingerprint density at radius 2 is 2.04 bits per heavy atom. The van der Waals surface area contributed by atoms with E-state index in [1.165, 1.54) is 30.5 Å². The van der Waals surface area contributed by atoms with Crippen LogP contribution in [0.25, 0.3) is 0 Å². The third-order valence-corrected chi connectivity index (χ3v) is 3.57. The number of nitrogens with zero attached hydrogens (tertiary/aromatic N) is 2. The minimum Gasteiger partial charge on any atom is -0.339 e. The Bertz CT molecular complexity index is 934. The van der Waals surface area contributed by atoms with Gasteiger partial charge in [0, 0.05) is 18.0 Å². The predicted octanol–water partition coefficient (Wildman–Crippen LogP) is 2.84. The topological polar surface area (TPSA) is 120 Å². The molecular formula is C14H10BrFN6O2. The standard InChI is InChI=1S/C14H10BrFN6O2/c15-9-5-7(1-3-10(9)16)19-13(17)12-14(22-24-21-12)20-8-2-4-11(23)18-6-8/h1-6H,(H2,17,19)(H,18,23)(H,20,22). The molecule has 0 radical (unpaired) electrons. The molecule has 0 aliphatic heterocycles. The molecule has 0 aliphatic carbocycles. The highest BCUT2D eigenvalue weighted by Crippen LogP contribution is 2.22. The second-order valence-corrected chi connectivity index (χ2v) is 5.51. The number of nitrogens with one attached hydrogen (secondary N) is 4. The van der Waals surface area contributed by atoms with Crippen LogP contribution >= 0.6 is 15.9 Å². The average molecular weight is 393 g/mol. The van der Waals surface area contributed by atoms with Gasteiger partial charge in [-0.1, -0.05) is 0 Å². The summed E-state index contributed by atoms with van der Waals surface area (Å²) >= 11 is 3.08. The van der Waals surface area contributed by atoms with Gasteiger partial charge in [0.2, 0.25) is 11.4 Å². The van der Waals surface area contributed by atoms with Crippen molar-refractivity contribution in [2.24, 2.45) is 0 Å². The Hall–Kier alpha value is -3.01. The van der Waals surface area contributed by atoms with E-state index in [0.29, 0.717) is 11.4 Å². The summed E-state index contributed by atoms with van der Waals surface area (Å²) in [7, 11) is 0. The van der Waals surface area contributed by atoms with Crippen LogP contribution in [0, 0.1) is 11.2 Å². The predicted molar refractivity (Wildman–Crippen MR) is 89.2 cm³/mol. The Morgan fingerprint density at radius 1 is 1.25 bits per heavy atom. The molecule has 3 rings (SSSR count). The summed E-state index contributed by atoms with van der Waals surface area (Å²) in [5, 5.41) is 21.1. The number of H-pyrrole nitrogens is 1. The fraction of sp³-hybridized carbons (Fsp3) is 0. The van der Waals surface area contributed by atoms with Gasteiger partial charge >= 0.3 is 0 Å². The van der Waals surface area contributed by atoms with Crippen molar-refractivity contribution in [3.05, 3.63) is 62.9 Å². The van der Waals surface area contributed by atoms with Crippen molar-refractivity contribution in [1.82, 2.24) is 15.3 Å². The Balaban J connectivity index is 1.78. The van der Waals surface area contributed by atoms with Gasteiger partial charge in [-0.15, -0.1) is 0 Å². The molecule has 8 nitrogen and oxygen atoms in total. The highest BCUT2D eigenvalue weighted by molar-refractivity contribution is 9.10. The molecule has 0 aliphatic rings. The SMILES string of the molecule is N=C(Nc1ccc(F)c(Br)c1)c1nonc1Nc1ccc(=O)[nH]c1. The number of hydrogen-bond acceptors (Lipinski definition) is 6. The highest BCUT2D eigenvalue weighted by Gasteiger charge is 2.16. The van der Waals surface area contributed by atoms with E-state index in [0.717, 1.165) is 0 Å². The average Bonchev–Trinajstić information content (AvgIpc) is 3.01. The molecule has 3 aromatic rings. The fourth-order valence-corrected chi connectivity index (χ4v) is 2.22. The van der Waals surface area contributed by atoms with E-state index in [1.54, 1.807) is 6.07 Å². The van der Waals surface area contributed by atoms with E-state index in [-0.39, 0.29) is 27.4 Å². The summed E-state index contributed by atoms with van der Waals surface area (Å²) in [5.74, 6) is -0.307. The molecule has 24 heavy (non-hydrogen) atoms. The first-order valence-corrected chi connectivity index (χ1v) is 7.41. The zero-order chi connectivity index (χ0) is 17.1. The summed E-state index contributed by atoms with van der Waals surface area (Å²) in [6.45, 7) is 0. The molecule has 0 bridgehead atoms. The summed E-state index contributed by atoms with van der Waals surface area (Å²) in [6.07, 6.45) is 1.45. The third kappa shape index (κ3) is 3.49. The number of pyridine rings is 1. The molecule has 0 spiro atoms. The fourth-order valence-electron chi connectivity index (χ4n) is 1.84. The molecule has 2 aromatic heterocycles. The molecule has 2 heterocycles. The monoisotopic (exact) mass is 392 g/mol. The summed E-state index contributed by atoms with van der Waals surface area (Å²) in [6, 6.07) is 7.13. The van der Waals surface area contributed by atoms with Gasteiger partial charge in [0.15, 0.2) is 11.5 Å². The van der Waals surface area contributed by atoms with Crippen molar-refractivity contribution in [3.8, 4) is 0 Å². The maximum absolute atomic E-state index is 13.2. The third-order valence-electron chi connectivity index (χ3n) is 2.96. The number of amidine groups is 1. The van der Waals surface area contributed by atoms with Crippen LogP contribution in [0.4, 0.5) is 21.6 Å². The van der Waals surface area contributed by atoms with E-state index in [1.807, 2.05) is 0 Å². The smallest absolute Gasteiger partial charge is 0.248 e. The van der Waals surface area contributed by atoms with Crippen LogP contribution < -0.4 is 16.2 Å². The zero-order valence-corrected chi connectivity index (χ0v) is 13.5. The molecule has 0 amide bonds. The first kappa shape index (κ1) is 15.9. The van der Waals surface area contributed by atoms with E-state index < -0.39 is 5.82 Å². The molecule has 122 valence electrons. The number of aromatic nitrogens is 3. The van der Waals surface area contributed by atoms with Gasteiger partial charge in [-0.05, 0) is 50.5 Å². The van der Waals surface area contributed by atoms with Crippen LogP contribution in [-0.4, -0.2) is 21.1 Å². The van der Waals surface area contributed by atoms with Crippen molar-refractivity contribution in [2.45, 2.75) is 0 Å². The molecular weight excluding hydrogens is 383 g/mol. The van der Waals surface area contributed by atoms with Gasteiger partial charge in [0.25, 0.3) is 0 Å². The molecule has 10 heteroatoms. The van der Waals surface area contributed by atoms with Gasteiger partial charge in [-0.2, -0.15) is 0 Å². The molecule has 4 N–H and O–H groups in total. The van der Waals surface area contributed by atoms with E-state index in [4.69, 9.17) is 5.41 Å². The lowest BCUT2D eigenvalue weighted by molar-refractivity contribution is 0.308. The summed E-state index contributed by atoms with van der Waals surface area (Å²) in [4.78, 5) is 13.6. The maximum Gasteiger partial charge on any atom is 0.248 e. The molecule has 0 atom stereocenters. The summed E-state index contributed by atoms with van der Waals surface area (Å²) < 4.78 is 18.2. The first-order valence-electron chi connectivity index (χ1n) is 6.62. The van der Waals surface area contributed by atoms with E-state index in [9.17, 15) is 9.18 Å². The highest BCUT2D eigenvalue weighted by atomic mass is 79.9. The molecule has 1 aromatic carbocycles. The van der Waals surface area contributed by atoms with Crippen LogP contribution in [0.3, 0.4) is 0 Å². The number of hydrogen-bond donors (Lipinski definition) is 4. The Labute approximate surface area is 142 Å². The normalized spacial score (nSPS) is 10.4. The van der Waals surface area contributed by atoms with Gasteiger partial charge in [-0.3, -0.25) is 10.2 Å². The lowest BCUT2D eigenvalue weighted by Crippen LogP contribution is -2.14. The van der Waals surface area contributed by atoms with Crippen LogP contribution in [0.1, 0.15) is 5.69 Å². The number of anilines is 3. The van der Waals surface area contributed by atoms with Gasteiger partial charge in [-0.25, -0.2) is 9.02 Å². The van der Waals surface area contributed by atoms with Crippen molar-refractivity contribution < 1.29 is 9.02 Å². The molecule has 0 saturated heterocycles. The molecule has 0 fully saturated rings. The second kappa shape index (κ2) is 6.62. The molecule has 0 saturated carbocycles. The van der Waals surface area contributed by atoms with Crippen LogP contribution in [0.5, 0.6) is 0 Å². The molecule has 0 unspecified atom stereocenters. The number of aromatic amines is 1. The van der Waals surface area contributed by atoms with Crippen LogP contribution in [-0.2, 0) is 0 Å². The number of benzene rings is 1. The van der Waals surface area contributed by atoms with Crippen molar-refractivity contribution in [1.29, 1.82) is 5.41 Å². The van der Waals surface area contributed by atoms with Gasteiger partial charge in [0.05, 0.1) is 10.2 Å². The zero-order valence-electron chi connectivity index (χ0n) is 11.9. The summed E-state index contributed by atoms with van der Waals surface area (Å²) in [5.41, 5.74) is 0.923. The first-order chi connectivity index (χ1) is 11.5. The van der Waals surface area contributed by atoms with Crippen LogP contribution in [0.2, 0.25) is 0 Å². The van der Waals surface area contributed by atoms with E-state index >= 15 is 0 Å². The Morgan fingerprint density at radius 3 is 2.75 bits per heavy atom.